The van der Waals surface area contributed by atoms with Crippen molar-refractivity contribution in [3.05, 3.63) is 85.6 Å². The number of hydrogen-bond acceptors (Lipinski definition) is 0. The minimum absolute atomic E-state index is 0.0519. The smallest absolute Gasteiger partial charge is 0.0672 e. The summed E-state index contributed by atoms with van der Waals surface area (Å²) in [6.07, 6.45) is 3.54. The lowest BCUT2D eigenvalue weighted by Crippen LogP contribution is -2.54. The molecule has 40 heavy (non-hydrogen) atoms. The molecule has 216 valence electrons. The molecule has 1 heteroatoms. The summed E-state index contributed by atoms with van der Waals surface area (Å²) in [6, 6.07) is 14.3. The second kappa shape index (κ2) is 10.6. The molecule has 0 heterocycles. The van der Waals surface area contributed by atoms with E-state index in [9.17, 15) is 0 Å². The Morgan fingerprint density at radius 2 is 1.43 bits per heavy atom. The van der Waals surface area contributed by atoms with Crippen molar-refractivity contribution >= 4 is 24.9 Å². The minimum Gasteiger partial charge on any atom is -0.0672 e. The molecule has 0 fully saturated rings. The van der Waals surface area contributed by atoms with Gasteiger partial charge in [-0.05, 0) is 99.6 Å². The first-order chi connectivity index (χ1) is 18.5. The van der Waals surface area contributed by atoms with Gasteiger partial charge in [0.25, 0.3) is 0 Å². The Balaban J connectivity index is 2.21. The van der Waals surface area contributed by atoms with Crippen molar-refractivity contribution in [1.82, 2.24) is 0 Å². The lowest BCUT2D eigenvalue weighted by Gasteiger charge is -2.43. The predicted molar refractivity (Wildman–Crippen MR) is 183 cm³/mol. The summed E-state index contributed by atoms with van der Waals surface area (Å²) in [7, 11) is -2.06. The molecule has 0 spiro atoms. The summed E-state index contributed by atoms with van der Waals surface area (Å²) in [5, 5.41) is 3.54. The summed E-state index contributed by atoms with van der Waals surface area (Å²) in [6.45, 7) is 34.4. The lowest BCUT2D eigenvalue weighted by atomic mass is 9.70. The summed E-state index contributed by atoms with van der Waals surface area (Å²) in [5.41, 5.74) is 15.6. The number of allylic oxidation sites excluding steroid dienone is 5. The van der Waals surface area contributed by atoms with E-state index in [1.54, 1.807) is 38.6 Å². The molecule has 1 atom stereocenters. The molecule has 0 bridgehead atoms. The predicted octanol–water partition coefficient (Wildman–Crippen LogP) is 11.0. The van der Waals surface area contributed by atoms with Gasteiger partial charge in [0, 0.05) is 0 Å². The van der Waals surface area contributed by atoms with Crippen LogP contribution in [0.4, 0.5) is 0 Å². The average Bonchev–Trinajstić information content (AvgIpc) is 3.39. The van der Waals surface area contributed by atoms with Crippen molar-refractivity contribution in [3.8, 4) is 0 Å². The molecule has 0 radical (unpaired) electrons. The molecule has 0 aromatic heterocycles. The average molecular weight is 553 g/mol. The van der Waals surface area contributed by atoms with Gasteiger partial charge in [-0.1, -0.05) is 141 Å². The fraction of sp³-hybridized carbons (Fsp3) is 0.538. The third-order valence-corrected chi connectivity index (χ3v) is 16.1. The van der Waals surface area contributed by atoms with Crippen molar-refractivity contribution in [2.75, 3.05) is 0 Å². The van der Waals surface area contributed by atoms with Gasteiger partial charge in [-0.3, -0.25) is 0 Å². The molecule has 4 rings (SSSR count). The van der Waals surface area contributed by atoms with Crippen molar-refractivity contribution in [2.24, 2.45) is 5.92 Å². The van der Waals surface area contributed by atoms with Gasteiger partial charge in [0.1, 0.15) is 8.07 Å². The van der Waals surface area contributed by atoms with Crippen molar-refractivity contribution < 1.29 is 0 Å². The first-order valence-electron chi connectivity index (χ1n) is 15.9. The molecule has 0 saturated carbocycles. The first-order valence-corrected chi connectivity index (χ1v) is 18.3. The molecule has 0 saturated heterocycles. The van der Waals surface area contributed by atoms with Crippen LogP contribution in [0.25, 0.3) is 11.6 Å². The largest absolute Gasteiger partial charge is 0.114 e. The molecule has 2 aromatic carbocycles. The van der Waals surface area contributed by atoms with Crippen LogP contribution in [0, 0.1) is 5.92 Å². The Hall–Kier alpha value is -2.12. The monoisotopic (exact) mass is 552 g/mol. The number of hydrogen-bond donors (Lipinski definition) is 0. The third-order valence-electron chi connectivity index (χ3n) is 10.4. The minimum atomic E-state index is -2.06. The van der Waals surface area contributed by atoms with Crippen LogP contribution < -0.4 is 5.19 Å². The van der Waals surface area contributed by atoms with E-state index in [2.05, 4.69) is 133 Å². The highest BCUT2D eigenvalue weighted by Gasteiger charge is 2.46. The van der Waals surface area contributed by atoms with Crippen LogP contribution in [0.3, 0.4) is 0 Å². The molecule has 2 aliphatic rings. The van der Waals surface area contributed by atoms with E-state index < -0.39 is 8.07 Å². The molecular weight excluding hydrogens is 497 g/mol. The number of fused-ring (bicyclic) bond motifs is 1. The Bertz CT molecular complexity index is 1400. The van der Waals surface area contributed by atoms with E-state index >= 15 is 0 Å². The van der Waals surface area contributed by atoms with Crippen LogP contribution in [0.1, 0.15) is 136 Å². The third kappa shape index (κ3) is 4.85. The zero-order valence-corrected chi connectivity index (χ0v) is 29.2. The Morgan fingerprint density at radius 1 is 0.850 bits per heavy atom. The van der Waals surface area contributed by atoms with E-state index in [4.69, 9.17) is 0 Å². The molecule has 2 aromatic rings. The van der Waals surface area contributed by atoms with Crippen LogP contribution in [-0.2, 0) is 17.3 Å². The fourth-order valence-corrected chi connectivity index (χ4v) is 13.9. The van der Waals surface area contributed by atoms with Gasteiger partial charge in [0.05, 0.1) is 0 Å². The van der Waals surface area contributed by atoms with Crippen LogP contribution in [0.15, 0.2) is 52.2 Å². The molecule has 0 N–H and O–H groups in total. The highest BCUT2D eigenvalue weighted by Crippen LogP contribution is 2.48. The van der Waals surface area contributed by atoms with Crippen LogP contribution >= 0.6 is 0 Å². The van der Waals surface area contributed by atoms with E-state index in [1.165, 1.54) is 34.4 Å². The van der Waals surface area contributed by atoms with Crippen molar-refractivity contribution in [1.29, 1.82) is 0 Å². The van der Waals surface area contributed by atoms with Gasteiger partial charge in [-0.25, -0.2) is 0 Å². The number of benzene rings is 2. The lowest BCUT2D eigenvalue weighted by molar-refractivity contribution is 0.548. The topological polar surface area (TPSA) is 0 Å². The molecule has 0 nitrogen and oxygen atoms in total. The zero-order chi connectivity index (χ0) is 29.9. The van der Waals surface area contributed by atoms with Gasteiger partial charge < -0.3 is 0 Å². The molecule has 0 aliphatic heterocycles. The second-order valence-electron chi connectivity index (χ2n) is 15.2. The maximum Gasteiger partial charge on any atom is 0.114 e. The number of rotatable bonds is 6. The van der Waals surface area contributed by atoms with Gasteiger partial charge in [-0.15, -0.1) is 0 Å². The summed E-state index contributed by atoms with van der Waals surface area (Å²) in [5.74, 6) is 1.01. The maximum atomic E-state index is 2.76. The highest BCUT2D eigenvalue weighted by molar-refractivity contribution is 6.98. The van der Waals surface area contributed by atoms with Gasteiger partial charge in [0.2, 0.25) is 0 Å². The SMILES string of the molecule is CC[Si](CC)(C1=C(C)C(C)=C(C)C1C)c1cc(C2=Cc3ccccc3C2)c(C(C)(C)C)c(C(C)C)c1C(C)(C)C. The van der Waals surface area contributed by atoms with Crippen LogP contribution in [-0.4, -0.2) is 8.07 Å². The van der Waals surface area contributed by atoms with Gasteiger partial charge in [0.15, 0.2) is 0 Å². The quantitative estimate of drug-likeness (QED) is 0.313. The van der Waals surface area contributed by atoms with Crippen LogP contribution in [0.5, 0.6) is 0 Å². The first kappa shape index (κ1) is 30.8. The second-order valence-corrected chi connectivity index (χ2v) is 19.8. The normalized spacial score (nSPS) is 18.3. The highest BCUT2D eigenvalue weighted by atomic mass is 28.3. The molecule has 1 unspecified atom stereocenters. The standard InChI is InChI=1S/C39H56Si/c1-15-40(16-2,37-27(7)25(5)26(6)28(37)8)33-23-32(31-21-29-19-17-18-20-30(29)22-31)35(38(9,10)11)34(24(3)4)36(33)39(12,13)14/h17-21,23-24,27H,15-16,22H2,1-14H3. The Kier molecular flexibility index (Phi) is 8.18. The Morgan fingerprint density at radius 3 is 1.88 bits per heavy atom. The Labute approximate surface area is 248 Å². The fourth-order valence-electron chi connectivity index (χ4n) is 8.27. The molecule has 2 aliphatic carbocycles. The maximum absolute atomic E-state index is 2.76. The van der Waals surface area contributed by atoms with E-state index in [0.717, 1.165) is 6.42 Å². The van der Waals surface area contributed by atoms with Gasteiger partial charge >= 0.3 is 0 Å². The summed E-state index contributed by atoms with van der Waals surface area (Å²) < 4.78 is 0. The van der Waals surface area contributed by atoms with E-state index in [-0.39, 0.29) is 10.8 Å². The van der Waals surface area contributed by atoms with Crippen LogP contribution in [0.2, 0.25) is 12.1 Å². The van der Waals surface area contributed by atoms with E-state index in [1.807, 2.05) is 5.20 Å². The van der Waals surface area contributed by atoms with Crippen molar-refractivity contribution in [2.45, 2.75) is 132 Å². The zero-order valence-electron chi connectivity index (χ0n) is 28.2. The summed E-state index contributed by atoms with van der Waals surface area (Å²) in [4.78, 5) is 0. The van der Waals surface area contributed by atoms with E-state index in [0.29, 0.717) is 11.8 Å². The van der Waals surface area contributed by atoms with Crippen molar-refractivity contribution in [3.63, 3.8) is 0 Å². The molecular formula is C39H56Si. The molecule has 0 amide bonds. The van der Waals surface area contributed by atoms with Gasteiger partial charge in [-0.2, -0.15) is 0 Å². The summed E-state index contributed by atoms with van der Waals surface area (Å²) >= 11 is 0.